The molecule has 2 amide bonds. The van der Waals surface area contributed by atoms with Gasteiger partial charge in [0.2, 0.25) is 0 Å². The van der Waals surface area contributed by atoms with Crippen LogP contribution < -0.4 is 10.5 Å². The number of carbonyl (C=O) groups excluding carboxylic acids is 2. The first-order chi connectivity index (χ1) is 13.0. The first-order valence-corrected chi connectivity index (χ1v) is 9.09. The summed E-state index contributed by atoms with van der Waals surface area (Å²) < 4.78 is 5.73. The van der Waals surface area contributed by atoms with Crippen molar-refractivity contribution in [2.45, 2.75) is 38.7 Å². The van der Waals surface area contributed by atoms with Crippen LogP contribution in [0.4, 0.5) is 0 Å². The number of piperidine rings is 1. The average molecular weight is 368 g/mol. The second-order valence-electron chi connectivity index (χ2n) is 6.76. The monoisotopic (exact) mass is 368 g/mol. The Morgan fingerprint density at radius 3 is 2.48 bits per heavy atom. The molecule has 2 N–H and O–H groups in total. The lowest BCUT2D eigenvalue weighted by atomic mass is 9.95. The van der Waals surface area contributed by atoms with E-state index in [4.69, 9.17) is 10.5 Å². The summed E-state index contributed by atoms with van der Waals surface area (Å²) in [5.41, 5.74) is 6.24. The molecule has 0 bridgehead atoms. The second kappa shape index (κ2) is 8.16. The average Bonchev–Trinajstić information content (AvgIpc) is 2.68. The summed E-state index contributed by atoms with van der Waals surface area (Å²) in [5.74, 6) is 1.02. The molecule has 142 valence electrons. The summed E-state index contributed by atoms with van der Waals surface area (Å²) in [6, 6.07) is 9.34. The van der Waals surface area contributed by atoms with E-state index in [0.717, 1.165) is 12.8 Å². The standard InChI is InChI=1S/C20H24N4O3/c1-13-17(18(21)25)12-22-19(23-13)15-8-10-24(11-9-15)20(26)14(2)27-16-6-4-3-5-7-16/h3-7,12,14-15H,8-11H2,1-2H3,(H2,21,25). The van der Waals surface area contributed by atoms with E-state index >= 15 is 0 Å². The van der Waals surface area contributed by atoms with Crippen LogP contribution in [0.1, 0.15) is 47.6 Å². The van der Waals surface area contributed by atoms with E-state index in [2.05, 4.69) is 9.97 Å². The largest absolute Gasteiger partial charge is 0.481 e. The SMILES string of the molecule is Cc1nc(C2CCN(C(=O)C(C)Oc3ccccc3)CC2)ncc1C(N)=O. The summed E-state index contributed by atoms with van der Waals surface area (Å²) in [5, 5.41) is 0. The molecule has 1 aliphatic rings. The number of aryl methyl sites for hydroxylation is 1. The molecule has 7 heteroatoms. The lowest BCUT2D eigenvalue weighted by Crippen LogP contribution is -2.44. The van der Waals surface area contributed by atoms with Gasteiger partial charge in [-0.3, -0.25) is 9.59 Å². The Hall–Kier alpha value is -2.96. The van der Waals surface area contributed by atoms with Crippen LogP contribution in [0.5, 0.6) is 5.75 Å². The van der Waals surface area contributed by atoms with E-state index in [9.17, 15) is 9.59 Å². The van der Waals surface area contributed by atoms with E-state index in [1.165, 1.54) is 6.20 Å². The highest BCUT2D eigenvalue weighted by atomic mass is 16.5. The molecule has 1 unspecified atom stereocenters. The van der Waals surface area contributed by atoms with Crippen molar-refractivity contribution < 1.29 is 14.3 Å². The second-order valence-corrected chi connectivity index (χ2v) is 6.76. The Morgan fingerprint density at radius 1 is 1.22 bits per heavy atom. The Morgan fingerprint density at radius 2 is 1.89 bits per heavy atom. The number of likely N-dealkylation sites (tertiary alicyclic amines) is 1. The van der Waals surface area contributed by atoms with E-state index in [-0.39, 0.29) is 11.8 Å². The number of benzene rings is 1. The zero-order chi connectivity index (χ0) is 19.4. The van der Waals surface area contributed by atoms with Crippen molar-refractivity contribution in [3.8, 4) is 5.75 Å². The van der Waals surface area contributed by atoms with Gasteiger partial charge in [-0.25, -0.2) is 9.97 Å². The minimum Gasteiger partial charge on any atom is -0.481 e. The van der Waals surface area contributed by atoms with Crippen LogP contribution in [0.3, 0.4) is 0 Å². The maximum absolute atomic E-state index is 12.6. The van der Waals surface area contributed by atoms with E-state index in [1.807, 2.05) is 35.2 Å². The fourth-order valence-electron chi connectivity index (χ4n) is 3.29. The summed E-state index contributed by atoms with van der Waals surface area (Å²) in [6.07, 6.45) is 2.52. The number of nitrogens with zero attached hydrogens (tertiary/aromatic N) is 3. The number of rotatable bonds is 5. The molecule has 0 radical (unpaired) electrons. The van der Waals surface area contributed by atoms with E-state index in [1.54, 1.807) is 13.8 Å². The molecule has 3 rings (SSSR count). The predicted octanol–water partition coefficient (Wildman–Crippen LogP) is 2.06. The minimum absolute atomic E-state index is 0.0153. The number of amides is 2. The number of hydrogen-bond acceptors (Lipinski definition) is 5. The molecule has 27 heavy (non-hydrogen) atoms. The van der Waals surface area contributed by atoms with Crippen LogP contribution in [-0.4, -0.2) is 45.9 Å². The quantitative estimate of drug-likeness (QED) is 0.871. The van der Waals surface area contributed by atoms with Crippen molar-refractivity contribution in [3.63, 3.8) is 0 Å². The van der Waals surface area contributed by atoms with Crippen LogP contribution in [0, 0.1) is 6.92 Å². The molecule has 0 spiro atoms. The summed E-state index contributed by atoms with van der Waals surface area (Å²) in [4.78, 5) is 34.5. The van der Waals surface area contributed by atoms with Gasteiger partial charge in [0.1, 0.15) is 11.6 Å². The minimum atomic E-state index is -0.530. The van der Waals surface area contributed by atoms with Gasteiger partial charge in [-0.05, 0) is 38.8 Å². The highest BCUT2D eigenvalue weighted by molar-refractivity contribution is 5.93. The highest BCUT2D eigenvalue weighted by Gasteiger charge is 2.29. The van der Waals surface area contributed by atoms with Crippen LogP contribution in [0.15, 0.2) is 36.5 Å². The molecule has 1 atom stereocenters. The number of aromatic nitrogens is 2. The molecule has 7 nitrogen and oxygen atoms in total. The molecule has 1 aliphatic heterocycles. The van der Waals surface area contributed by atoms with Gasteiger partial charge < -0.3 is 15.4 Å². The molecule has 0 saturated carbocycles. The third kappa shape index (κ3) is 4.42. The Bertz CT molecular complexity index is 817. The zero-order valence-electron chi connectivity index (χ0n) is 15.6. The highest BCUT2D eigenvalue weighted by Crippen LogP contribution is 2.26. The lowest BCUT2D eigenvalue weighted by molar-refractivity contribution is -0.139. The number of carbonyl (C=O) groups is 2. The maximum Gasteiger partial charge on any atom is 0.263 e. The predicted molar refractivity (Wildman–Crippen MR) is 100 cm³/mol. The van der Waals surface area contributed by atoms with Gasteiger partial charge in [-0.15, -0.1) is 0 Å². The number of para-hydroxylation sites is 1. The molecule has 2 aromatic rings. The Balaban J connectivity index is 1.57. The Labute approximate surface area is 158 Å². The normalized spacial score (nSPS) is 16.0. The number of nitrogens with two attached hydrogens (primary N) is 1. The molecule has 2 heterocycles. The van der Waals surface area contributed by atoms with E-state index in [0.29, 0.717) is 35.9 Å². The van der Waals surface area contributed by atoms with Crippen molar-refractivity contribution in [1.82, 2.24) is 14.9 Å². The van der Waals surface area contributed by atoms with Crippen molar-refractivity contribution in [3.05, 3.63) is 53.6 Å². The van der Waals surface area contributed by atoms with Gasteiger partial charge >= 0.3 is 0 Å². The Kier molecular flexibility index (Phi) is 5.69. The zero-order valence-corrected chi connectivity index (χ0v) is 15.6. The van der Waals surface area contributed by atoms with Crippen molar-refractivity contribution in [1.29, 1.82) is 0 Å². The van der Waals surface area contributed by atoms with Gasteiger partial charge in [0.15, 0.2) is 6.10 Å². The van der Waals surface area contributed by atoms with Gasteiger partial charge in [0.25, 0.3) is 11.8 Å². The van der Waals surface area contributed by atoms with Crippen molar-refractivity contribution in [2.24, 2.45) is 5.73 Å². The van der Waals surface area contributed by atoms with Crippen LogP contribution >= 0.6 is 0 Å². The fraction of sp³-hybridized carbons (Fsp3) is 0.400. The molecule has 1 aromatic carbocycles. The summed E-state index contributed by atoms with van der Waals surface area (Å²) >= 11 is 0. The van der Waals surface area contributed by atoms with E-state index < -0.39 is 12.0 Å². The number of ether oxygens (including phenoxy) is 1. The van der Waals surface area contributed by atoms with Crippen molar-refractivity contribution in [2.75, 3.05) is 13.1 Å². The topological polar surface area (TPSA) is 98.4 Å². The smallest absolute Gasteiger partial charge is 0.263 e. The van der Waals surface area contributed by atoms with Gasteiger partial charge in [-0.2, -0.15) is 0 Å². The van der Waals surface area contributed by atoms with Gasteiger partial charge in [-0.1, -0.05) is 18.2 Å². The third-order valence-corrected chi connectivity index (χ3v) is 4.84. The van der Waals surface area contributed by atoms with Gasteiger partial charge in [0, 0.05) is 25.2 Å². The van der Waals surface area contributed by atoms with Crippen molar-refractivity contribution >= 4 is 11.8 Å². The first kappa shape index (κ1) is 18.8. The van der Waals surface area contributed by atoms with Gasteiger partial charge in [0.05, 0.1) is 11.3 Å². The van der Waals surface area contributed by atoms with Crippen LogP contribution in [-0.2, 0) is 4.79 Å². The fourth-order valence-corrected chi connectivity index (χ4v) is 3.29. The number of hydrogen-bond donors (Lipinski definition) is 1. The first-order valence-electron chi connectivity index (χ1n) is 9.09. The molecule has 0 aliphatic carbocycles. The molecular weight excluding hydrogens is 344 g/mol. The van der Waals surface area contributed by atoms with Crippen LogP contribution in [0.2, 0.25) is 0 Å². The summed E-state index contributed by atoms with van der Waals surface area (Å²) in [7, 11) is 0. The summed E-state index contributed by atoms with van der Waals surface area (Å²) in [6.45, 7) is 4.79. The molecule has 1 saturated heterocycles. The maximum atomic E-state index is 12.6. The third-order valence-electron chi connectivity index (χ3n) is 4.84. The molecule has 1 aromatic heterocycles. The lowest BCUT2D eigenvalue weighted by Gasteiger charge is -2.33. The molecule has 1 fully saturated rings. The van der Waals surface area contributed by atoms with Crippen LogP contribution in [0.25, 0.3) is 0 Å². The number of primary amides is 1. The molecular formula is C20H24N4O3.